The number of rotatable bonds is 8. The molecule has 0 aliphatic carbocycles. The Bertz CT molecular complexity index is 241. The molecule has 0 aliphatic rings. The second-order valence-electron chi connectivity index (χ2n) is 4.42. The van der Waals surface area contributed by atoms with E-state index >= 15 is 0 Å². The van der Waals surface area contributed by atoms with Gasteiger partial charge in [-0.2, -0.15) is 0 Å². The first kappa shape index (κ1) is 16.3. The van der Waals surface area contributed by atoms with Crippen LogP contribution in [0.25, 0.3) is 0 Å². The molecule has 0 bridgehead atoms. The van der Waals surface area contributed by atoms with Gasteiger partial charge in [-0.3, -0.25) is 0 Å². The van der Waals surface area contributed by atoms with Crippen LogP contribution in [0.15, 0.2) is 12.2 Å². The molecule has 0 atom stereocenters. The van der Waals surface area contributed by atoms with Crippen molar-refractivity contribution >= 4 is 15.5 Å². The van der Waals surface area contributed by atoms with Crippen molar-refractivity contribution in [3.05, 3.63) is 12.2 Å². The first-order valence-electron chi connectivity index (χ1n) is 6.06. The molecule has 0 saturated carbocycles. The summed E-state index contributed by atoms with van der Waals surface area (Å²) in [6.45, 7) is 13.2. The summed E-state index contributed by atoms with van der Waals surface area (Å²) in [4.78, 5) is 11.7. The fourth-order valence-corrected chi connectivity index (χ4v) is 2.51. The number of carbonyl (C=O) groups excluding carboxylic acids is 1. The molecule has 0 amide bonds. The van der Waals surface area contributed by atoms with Crippen molar-refractivity contribution < 1.29 is 18.1 Å². The Labute approximate surface area is 106 Å². The van der Waals surface area contributed by atoms with Gasteiger partial charge in [-0.05, 0) is 34.1 Å². The van der Waals surface area contributed by atoms with E-state index in [9.17, 15) is 4.79 Å². The maximum atomic E-state index is 11.7. The fourth-order valence-electron chi connectivity index (χ4n) is 1.11. The molecule has 0 aromatic rings. The monoisotopic (exact) mass is 260 g/mol. The van der Waals surface area contributed by atoms with E-state index in [1.54, 1.807) is 0 Å². The van der Waals surface area contributed by atoms with Gasteiger partial charge in [0.25, 0.3) is 0 Å². The van der Waals surface area contributed by atoms with E-state index < -0.39 is 15.5 Å². The third-order valence-electron chi connectivity index (χ3n) is 1.81. The average Bonchev–Trinajstić information content (AvgIpc) is 2.15. The Morgan fingerprint density at radius 1 is 1.18 bits per heavy atom. The molecular weight excluding hydrogens is 236 g/mol. The molecular formula is C12H24O4Si. The van der Waals surface area contributed by atoms with Crippen LogP contribution in [0.5, 0.6) is 0 Å². The Morgan fingerprint density at radius 2 is 1.65 bits per heavy atom. The van der Waals surface area contributed by atoms with Gasteiger partial charge in [-0.25, -0.2) is 4.79 Å². The Hall–Kier alpha value is -0.653. The molecule has 5 heteroatoms. The number of hydrogen-bond donors (Lipinski definition) is 0. The predicted molar refractivity (Wildman–Crippen MR) is 69.7 cm³/mol. The van der Waals surface area contributed by atoms with Crippen molar-refractivity contribution in [1.82, 2.24) is 0 Å². The molecule has 0 aliphatic heterocycles. The van der Waals surface area contributed by atoms with Gasteiger partial charge in [-0.1, -0.05) is 19.9 Å². The molecule has 0 rings (SSSR count). The van der Waals surface area contributed by atoms with Gasteiger partial charge in [0.1, 0.15) is 0 Å². The zero-order valence-corrected chi connectivity index (χ0v) is 12.6. The van der Waals surface area contributed by atoms with Crippen LogP contribution >= 0.6 is 0 Å². The minimum Gasteiger partial charge on any atom is -0.472 e. The molecule has 4 nitrogen and oxygen atoms in total. The van der Waals surface area contributed by atoms with Crippen LogP contribution in [0.1, 0.15) is 47.5 Å². The minimum atomic E-state index is -2.40. The molecule has 0 heterocycles. The molecule has 0 N–H and O–H groups in total. The third-order valence-corrected chi connectivity index (χ3v) is 3.75. The van der Waals surface area contributed by atoms with Crippen LogP contribution < -0.4 is 0 Å². The summed E-state index contributed by atoms with van der Waals surface area (Å²) in [6, 6.07) is 0. The highest BCUT2D eigenvalue weighted by Gasteiger charge is 2.24. The SMILES string of the molecule is C=C(CCC)C(=O)O[SiH](OC(C)C)OC(C)C. The zero-order chi connectivity index (χ0) is 13.4. The van der Waals surface area contributed by atoms with Crippen molar-refractivity contribution in [3.63, 3.8) is 0 Å². The molecule has 0 aromatic carbocycles. The summed E-state index contributed by atoms with van der Waals surface area (Å²) >= 11 is 0. The Kier molecular flexibility index (Phi) is 8.12. The van der Waals surface area contributed by atoms with Crippen LogP contribution in [0.3, 0.4) is 0 Å². The molecule has 0 spiro atoms. The number of carbonyl (C=O) groups is 1. The van der Waals surface area contributed by atoms with Crippen LogP contribution in [-0.4, -0.2) is 27.7 Å². The Balaban J connectivity index is 4.31. The topological polar surface area (TPSA) is 44.8 Å². The van der Waals surface area contributed by atoms with Crippen molar-refractivity contribution in [2.24, 2.45) is 0 Å². The second-order valence-corrected chi connectivity index (χ2v) is 5.77. The van der Waals surface area contributed by atoms with E-state index in [1.165, 1.54) is 0 Å². The fraction of sp³-hybridized carbons (Fsp3) is 0.750. The quantitative estimate of drug-likeness (QED) is 0.497. The van der Waals surface area contributed by atoms with Gasteiger partial charge < -0.3 is 13.3 Å². The summed E-state index contributed by atoms with van der Waals surface area (Å²) in [7, 11) is -2.40. The molecule has 0 aromatic heterocycles. The lowest BCUT2D eigenvalue weighted by atomic mass is 10.2. The Morgan fingerprint density at radius 3 is 2.00 bits per heavy atom. The van der Waals surface area contributed by atoms with Crippen LogP contribution in [0.4, 0.5) is 0 Å². The maximum Gasteiger partial charge on any atom is 0.552 e. The normalized spacial score (nSPS) is 11.3. The lowest BCUT2D eigenvalue weighted by molar-refractivity contribution is -0.134. The van der Waals surface area contributed by atoms with Crippen LogP contribution in [0.2, 0.25) is 0 Å². The summed E-state index contributed by atoms with van der Waals surface area (Å²) in [6.07, 6.45) is 1.48. The molecule has 17 heavy (non-hydrogen) atoms. The molecule has 100 valence electrons. The predicted octanol–water partition coefficient (Wildman–Crippen LogP) is 2.45. The third kappa shape index (κ3) is 8.12. The highest BCUT2D eigenvalue weighted by atomic mass is 28.3. The van der Waals surface area contributed by atoms with E-state index in [-0.39, 0.29) is 12.2 Å². The van der Waals surface area contributed by atoms with E-state index in [0.717, 1.165) is 6.42 Å². The molecule has 0 radical (unpaired) electrons. The van der Waals surface area contributed by atoms with Crippen LogP contribution in [0, 0.1) is 0 Å². The largest absolute Gasteiger partial charge is 0.552 e. The second kappa shape index (κ2) is 8.44. The van der Waals surface area contributed by atoms with E-state index in [0.29, 0.717) is 12.0 Å². The van der Waals surface area contributed by atoms with E-state index in [1.807, 2.05) is 34.6 Å². The van der Waals surface area contributed by atoms with E-state index in [2.05, 4.69) is 6.58 Å². The average molecular weight is 260 g/mol. The highest BCUT2D eigenvalue weighted by molar-refractivity contribution is 6.40. The molecule has 0 fully saturated rings. The van der Waals surface area contributed by atoms with Gasteiger partial charge >= 0.3 is 15.5 Å². The standard InChI is InChI=1S/C12H24O4Si/c1-7-8-11(6)12(13)16-17(14-9(2)3)15-10(4)5/h9-10,17H,6-8H2,1-5H3. The van der Waals surface area contributed by atoms with Gasteiger partial charge in [0.15, 0.2) is 0 Å². The zero-order valence-electron chi connectivity index (χ0n) is 11.5. The van der Waals surface area contributed by atoms with Crippen molar-refractivity contribution in [3.8, 4) is 0 Å². The van der Waals surface area contributed by atoms with Gasteiger partial charge in [0, 0.05) is 17.8 Å². The summed E-state index contributed by atoms with van der Waals surface area (Å²) in [5.41, 5.74) is 0.477. The smallest absolute Gasteiger partial charge is 0.472 e. The summed E-state index contributed by atoms with van der Waals surface area (Å²) < 4.78 is 16.2. The van der Waals surface area contributed by atoms with Crippen molar-refractivity contribution in [2.45, 2.75) is 59.7 Å². The first-order chi connectivity index (χ1) is 7.86. The van der Waals surface area contributed by atoms with Crippen molar-refractivity contribution in [1.29, 1.82) is 0 Å². The molecule has 0 unspecified atom stereocenters. The molecule has 0 saturated heterocycles. The lowest BCUT2D eigenvalue weighted by Gasteiger charge is -2.20. The summed E-state index contributed by atoms with van der Waals surface area (Å²) in [5.74, 6) is -0.398. The highest BCUT2D eigenvalue weighted by Crippen LogP contribution is 2.08. The van der Waals surface area contributed by atoms with E-state index in [4.69, 9.17) is 13.3 Å². The first-order valence-corrected chi connectivity index (χ1v) is 7.47. The van der Waals surface area contributed by atoms with Crippen molar-refractivity contribution in [2.75, 3.05) is 0 Å². The van der Waals surface area contributed by atoms with Gasteiger partial charge in [0.2, 0.25) is 0 Å². The van der Waals surface area contributed by atoms with Gasteiger partial charge in [0.05, 0.1) is 0 Å². The van der Waals surface area contributed by atoms with Crippen LogP contribution in [-0.2, 0) is 18.1 Å². The maximum absolute atomic E-state index is 11.7. The summed E-state index contributed by atoms with van der Waals surface area (Å²) in [5, 5.41) is 0. The van der Waals surface area contributed by atoms with Gasteiger partial charge in [-0.15, -0.1) is 0 Å². The number of hydrogen-bond acceptors (Lipinski definition) is 4. The minimum absolute atomic E-state index is 0.0161. The lowest BCUT2D eigenvalue weighted by Crippen LogP contribution is -2.35.